The Hall–Kier alpha value is -1.46. The molecule has 0 N–H and O–H groups in total. The van der Waals surface area contributed by atoms with Gasteiger partial charge in [0.15, 0.2) is 0 Å². The molecule has 0 aliphatic carbocycles. The van der Waals surface area contributed by atoms with Crippen molar-refractivity contribution in [3.8, 4) is 11.1 Å². The van der Waals surface area contributed by atoms with Crippen molar-refractivity contribution < 1.29 is 4.57 Å². The van der Waals surface area contributed by atoms with Gasteiger partial charge in [0.1, 0.15) is 9.12 Å². The third-order valence-electron chi connectivity index (χ3n) is 1.88. The van der Waals surface area contributed by atoms with Gasteiger partial charge in [-0.2, -0.15) is 0 Å². The molecule has 0 aliphatic rings. The van der Waals surface area contributed by atoms with Crippen LogP contribution >= 0.6 is 9.12 Å². The predicted molar refractivity (Wildman–Crippen MR) is 60.9 cm³/mol. The number of benzene rings is 2. The van der Waals surface area contributed by atoms with Crippen molar-refractivity contribution in [1.29, 1.82) is 0 Å². The minimum Gasteiger partial charge on any atom is -0.279 e. The highest BCUT2D eigenvalue weighted by atomic mass is 31.0. The first kappa shape index (κ1) is 10.6. The zero-order valence-electron chi connectivity index (χ0n) is 7.68. The van der Waals surface area contributed by atoms with Crippen LogP contribution in [0.5, 0.6) is 0 Å². The Morgan fingerprint density at radius 3 is 1.14 bits per heavy atom. The van der Waals surface area contributed by atoms with Gasteiger partial charge in [-0.15, -0.1) is 0 Å². The molecule has 70 valence electrons. The topological polar surface area (TPSA) is 17.1 Å². The van der Waals surface area contributed by atoms with Crippen LogP contribution in [0.2, 0.25) is 0 Å². The second-order valence-corrected chi connectivity index (χ2v) is 2.73. The minimum absolute atomic E-state index is 1.28. The lowest BCUT2D eigenvalue weighted by Gasteiger charge is -1.98. The van der Waals surface area contributed by atoms with Crippen LogP contribution in [0.25, 0.3) is 11.1 Å². The Balaban J connectivity index is 0.000000461. The van der Waals surface area contributed by atoms with E-state index in [9.17, 15) is 0 Å². The maximum absolute atomic E-state index is 8.06. The lowest BCUT2D eigenvalue weighted by Crippen LogP contribution is -1.73. The van der Waals surface area contributed by atoms with Crippen molar-refractivity contribution >= 4 is 9.12 Å². The molecule has 2 heteroatoms. The molecule has 0 spiro atoms. The van der Waals surface area contributed by atoms with Crippen molar-refractivity contribution in [3.05, 3.63) is 60.7 Å². The van der Waals surface area contributed by atoms with Crippen LogP contribution < -0.4 is 0 Å². The van der Waals surface area contributed by atoms with E-state index in [1.807, 2.05) is 12.1 Å². The molecule has 0 amide bonds. The van der Waals surface area contributed by atoms with Crippen LogP contribution in [0.15, 0.2) is 60.7 Å². The number of rotatable bonds is 1. The first-order valence-electron chi connectivity index (χ1n) is 4.28. The molecular formula is C12H11OP. The molecule has 1 nitrogen and oxygen atoms in total. The Morgan fingerprint density at radius 2 is 0.857 bits per heavy atom. The molecule has 0 aromatic heterocycles. The van der Waals surface area contributed by atoms with Gasteiger partial charge in [-0.25, -0.2) is 0 Å². The van der Waals surface area contributed by atoms with E-state index in [4.69, 9.17) is 4.57 Å². The van der Waals surface area contributed by atoms with Crippen LogP contribution in [0.4, 0.5) is 0 Å². The summed E-state index contributed by atoms with van der Waals surface area (Å²) < 4.78 is 8.06. The number of hydrogen-bond donors (Lipinski definition) is 0. The van der Waals surface area contributed by atoms with E-state index < -0.39 is 0 Å². The average Bonchev–Trinajstić information content (AvgIpc) is 2.34. The van der Waals surface area contributed by atoms with Gasteiger partial charge < -0.3 is 0 Å². The minimum atomic E-state index is 1.28. The first-order chi connectivity index (χ1) is 6.97. The van der Waals surface area contributed by atoms with E-state index in [1.165, 1.54) is 11.1 Å². The summed E-state index contributed by atoms with van der Waals surface area (Å²) >= 11 is 0. The van der Waals surface area contributed by atoms with Crippen LogP contribution in [-0.4, -0.2) is 0 Å². The molecule has 0 atom stereocenters. The SMILES string of the molecule is O=P.c1ccc(-c2ccccc2)cc1. The van der Waals surface area contributed by atoms with Crippen molar-refractivity contribution in [2.24, 2.45) is 0 Å². The van der Waals surface area contributed by atoms with E-state index >= 15 is 0 Å². The summed E-state index contributed by atoms with van der Waals surface area (Å²) in [6, 6.07) is 20.8. The van der Waals surface area contributed by atoms with Gasteiger partial charge in [-0.3, -0.25) is 4.57 Å². The fraction of sp³-hybridized carbons (Fsp3) is 0. The quantitative estimate of drug-likeness (QED) is 0.642. The van der Waals surface area contributed by atoms with Crippen molar-refractivity contribution in [2.45, 2.75) is 0 Å². The molecule has 2 aromatic carbocycles. The second-order valence-electron chi connectivity index (χ2n) is 2.73. The van der Waals surface area contributed by atoms with Gasteiger partial charge >= 0.3 is 0 Å². The maximum atomic E-state index is 8.06. The molecule has 0 saturated carbocycles. The lowest BCUT2D eigenvalue weighted by atomic mass is 10.1. The summed E-state index contributed by atoms with van der Waals surface area (Å²) in [6.45, 7) is 0. The van der Waals surface area contributed by atoms with E-state index in [1.54, 1.807) is 9.12 Å². The van der Waals surface area contributed by atoms with Crippen molar-refractivity contribution in [2.75, 3.05) is 0 Å². The summed E-state index contributed by atoms with van der Waals surface area (Å²) in [5.74, 6) is 0. The van der Waals surface area contributed by atoms with E-state index in [0.717, 1.165) is 0 Å². The Kier molecular flexibility index (Phi) is 4.60. The van der Waals surface area contributed by atoms with Gasteiger partial charge in [-0.1, -0.05) is 60.7 Å². The molecule has 14 heavy (non-hydrogen) atoms. The smallest absolute Gasteiger partial charge is 0.138 e. The zero-order chi connectivity index (χ0) is 10.2. The average molecular weight is 202 g/mol. The maximum Gasteiger partial charge on any atom is 0.138 e. The highest BCUT2D eigenvalue weighted by Crippen LogP contribution is 2.17. The second kappa shape index (κ2) is 6.06. The molecule has 0 bridgehead atoms. The van der Waals surface area contributed by atoms with E-state index in [2.05, 4.69) is 48.5 Å². The normalized spacial score (nSPS) is 8.57. The number of hydrogen-bond acceptors (Lipinski definition) is 1. The summed E-state index contributed by atoms with van der Waals surface area (Å²) in [6.07, 6.45) is 0. The van der Waals surface area contributed by atoms with Crippen LogP contribution in [-0.2, 0) is 4.57 Å². The molecule has 0 saturated heterocycles. The summed E-state index contributed by atoms with van der Waals surface area (Å²) in [7, 11) is 1.72. The fourth-order valence-electron chi connectivity index (χ4n) is 1.26. The summed E-state index contributed by atoms with van der Waals surface area (Å²) in [5.41, 5.74) is 2.55. The predicted octanol–water partition coefficient (Wildman–Crippen LogP) is 3.83. The lowest BCUT2D eigenvalue weighted by molar-refractivity contribution is 0.607. The third-order valence-corrected chi connectivity index (χ3v) is 1.88. The molecule has 2 rings (SSSR count). The fourth-order valence-corrected chi connectivity index (χ4v) is 1.26. The van der Waals surface area contributed by atoms with Gasteiger partial charge in [0.05, 0.1) is 0 Å². The molecule has 0 heterocycles. The largest absolute Gasteiger partial charge is 0.279 e. The van der Waals surface area contributed by atoms with E-state index in [-0.39, 0.29) is 0 Å². The third kappa shape index (κ3) is 2.79. The van der Waals surface area contributed by atoms with Crippen LogP contribution in [0.3, 0.4) is 0 Å². The molecule has 0 unspecified atom stereocenters. The van der Waals surface area contributed by atoms with Crippen LogP contribution in [0.1, 0.15) is 0 Å². The Bertz CT molecular complexity index is 321. The van der Waals surface area contributed by atoms with Gasteiger partial charge in [-0.05, 0) is 11.1 Å². The van der Waals surface area contributed by atoms with Crippen molar-refractivity contribution in [1.82, 2.24) is 0 Å². The molecular weight excluding hydrogens is 191 g/mol. The van der Waals surface area contributed by atoms with E-state index in [0.29, 0.717) is 0 Å². The standard InChI is InChI=1S/C12H10.HOP/c1-3-7-11(8-4-1)12-9-5-2-6-10-12;1-2/h1-10H;2H. The monoisotopic (exact) mass is 202 g/mol. The molecule has 0 fully saturated rings. The highest BCUT2D eigenvalue weighted by Gasteiger charge is 1.91. The zero-order valence-corrected chi connectivity index (χ0v) is 8.68. The Labute approximate surface area is 86.0 Å². The van der Waals surface area contributed by atoms with Crippen LogP contribution in [0, 0.1) is 0 Å². The van der Waals surface area contributed by atoms with Gasteiger partial charge in [0, 0.05) is 0 Å². The molecule has 0 radical (unpaired) electrons. The molecule has 0 aliphatic heterocycles. The summed E-state index contributed by atoms with van der Waals surface area (Å²) in [5, 5.41) is 0. The van der Waals surface area contributed by atoms with Crippen molar-refractivity contribution in [3.63, 3.8) is 0 Å². The highest BCUT2D eigenvalue weighted by molar-refractivity contribution is 7.00. The summed E-state index contributed by atoms with van der Waals surface area (Å²) in [4.78, 5) is 0. The van der Waals surface area contributed by atoms with Gasteiger partial charge in [0.2, 0.25) is 0 Å². The first-order valence-corrected chi connectivity index (χ1v) is 4.68. The molecule has 2 aromatic rings. The van der Waals surface area contributed by atoms with Gasteiger partial charge in [0.25, 0.3) is 0 Å². The Morgan fingerprint density at radius 1 is 0.571 bits per heavy atom.